The van der Waals surface area contributed by atoms with E-state index in [-0.39, 0.29) is 12.3 Å². The molecule has 5 heteroatoms. The molecule has 1 aromatic carbocycles. The molecule has 5 nitrogen and oxygen atoms in total. The van der Waals surface area contributed by atoms with Gasteiger partial charge >= 0.3 is 5.97 Å². The van der Waals surface area contributed by atoms with Crippen LogP contribution in [0.15, 0.2) is 30.3 Å². The summed E-state index contributed by atoms with van der Waals surface area (Å²) in [6.45, 7) is 1.78. The van der Waals surface area contributed by atoms with Crippen LogP contribution in [0.3, 0.4) is 0 Å². The number of likely N-dealkylation sites (tertiary alicyclic amines) is 1. The lowest BCUT2D eigenvalue weighted by atomic mass is 9.92. The summed E-state index contributed by atoms with van der Waals surface area (Å²) in [5.74, 6) is -0.191. The molecule has 0 bridgehead atoms. The van der Waals surface area contributed by atoms with Crippen LogP contribution in [0.1, 0.15) is 25.7 Å². The second-order valence-corrected chi connectivity index (χ2v) is 5.48. The summed E-state index contributed by atoms with van der Waals surface area (Å²) < 4.78 is 0. The lowest BCUT2D eigenvalue weighted by Crippen LogP contribution is -2.41. The molecule has 1 amide bonds. The molecule has 0 unspecified atom stereocenters. The van der Waals surface area contributed by atoms with Crippen LogP contribution in [0.4, 0.5) is 5.69 Å². The van der Waals surface area contributed by atoms with Crippen molar-refractivity contribution in [1.29, 1.82) is 0 Å². The van der Waals surface area contributed by atoms with E-state index in [1.165, 1.54) is 0 Å². The van der Waals surface area contributed by atoms with Crippen LogP contribution in [-0.2, 0) is 9.59 Å². The number of anilines is 1. The first-order valence-corrected chi connectivity index (χ1v) is 7.43. The second kappa shape index (κ2) is 7.67. The van der Waals surface area contributed by atoms with Crippen molar-refractivity contribution in [3.8, 4) is 0 Å². The Labute approximate surface area is 125 Å². The molecule has 0 atom stereocenters. The van der Waals surface area contributed by atoms with Crippen LogP contribution in [0.25, 0.3) is 0 Å². The molecular formula is C16H22N2O3. The molecular weight excluding hydrogens is 268 g/mol. The number of benzene rings is 1. The van der Waals surface area contributed by atoms with E-state index in [2.05, 4.69) is 5.32 Å². The Morgan fingerprint density at radius 1 is 1.19 bits per heavy atom. The average Bonchev–Trinajstić information content (AvgIpc) is 2.52. The van der Waals surface area contributed by atoms with E-state index in [4.69, 9.17) is 5.11 Å². The van der Waals surface area contributed by atoms with Crippen molar-refractivity contribution >= 4 is 17.6 Å². The van der Waals surface area contributed by atoms with Gasteiger partial charge in [0.2, 0.25) is 5.91 Å². The smallest absolute Gasteiger partial charge is 0.303 e. The number of carboxylic acid groups (broad SMARTS) is 1. The van der Waals surface area contributed by atoms with Gasteiger partial charge in [0.05, 0.1) is 6.54 Å². The molecule has 2 N–H and O–H groups in total. The van der Waals surface area contributed by atoms with Crippen molar-refractivity contribution in [2.24, 2.45) is 5.92 Å². The Hall–Kier alpha value is -2.04. The number of piperidine rings is 1. The van der Waals surface area contributed by atoms with E-state index < -0.39 is 5.97 Å². The van der Waals surface area contributed by atoms with E-state index in [9.17, 15) is 9.59 Å². The number of hydrogen-bond acceptors (Lipinski definition) is 3. The van der Waals surface area contributed by atoms with Crippen LogP contribution in [0.5, 0.6) is 0 Å². The van der Waals surface area contributed by atoms with Gasteiger partial charge in [-0.2, -0.15) is 0 Å². The van der Waals surface area contributed by atoms with Crippen molar-refractivity contribution in [2.75, 3.05) is 25.0 Å². The highest BCUT2D eigenvalue weighted by atomic mass is 16.4. The topological polar surface area (TPSA) is 69.6 Å². The van der Waals surface area contributed by atoms with Gasteiger partial charge in [0.15, 0.2) is 0 Å². The Morgan fingerprint density at radius 2 is 1.86 bits per heavy atom. The number of hydrogen-bond donors (Lipinski definition) is 2. The van der Waals surface area contributed by atoms with Crippen molar-refractivity contribution in [2.45, 2.75) is 25.7 Å². The summed E-state index contributed by atoms with van der Waals surface area (Å²) in [6.07, 6.45) is 2.77. The molecule has 0 radical (unpaired) electrons. The Morgan fingerprint density at radius 3 is 2.48 bits per heavy atom. The monoisotopic (exact) mass is 290 g/mol. The molecule has 2 rings (SSSR count). The molecule has 1 saturated heterocycles. The van der Waals surface area contributed by atoms with Gasteiger partial charge in [-0.15, -0.1) is 0 Å². The lowest BCUT2D eigenvalue weighted by Gasteiger charge is -2.32. The predicted molar refractivity (Wildman–Crippen MR) is 81.1 cm³/mol. The highest BCUT2D eigenvalue weighted by molar-refractivity contribution is 5.80. The van der Waals surface area contributed by atoms with Gasteiger partial charge in [-0.3, -0.25) is 9.59 Å². The van der Waals surface area contributed by atoms with Crippen LogP contribution in [0.2, 0.25) is 0 Å². The third kappa shape index (κ3) is 5.10. The van der Waals surface area contributed by atoms with Gasteiger partial charge in [-0.25, -0.2) is 0 Å². The van der Waals surface area contributed by atoms with Gasteiger partial charge in [0.1, 0.15) is 0 Å². The first-order chi connectivity index (χ1) is 10.1. The van der Waals surface area contributed by atoms with E-state index in [0.717, 1.165) is 38.0 Å². The fraction of sp³-hybridized carbons (Fsp3) is 0.500. The summed E-state index contributed by atoms with van der Waals surface area (Å²) in [5, 5.41) is 11.8. The number of carbonyl (C=O) groups is 2. The number of nitrogens with zero attached hydrogens (tertiary/aromatic N) is 1. The Balaban J connectivity index is 1.69. The molecule has 114 valence electrons. The van der Waals surface area contributed by atoms with Crippen molar-refractivity contribution in [3.05, 3.63) is 30.3 Å². The predicted octanol–water partition coefficient (Wildman–Crippen LogP) is 2.20. The van der Waals surface area contributed by atoms with Crippen molar-refractivity contribution < 1.29 is 14.7 Å². The van der Waals surface area contributed by atoms with Crippen molar-refractivity contribution in [3.63, 3.8) is 0 Å². The maximum atomic E-state index is 12.1. The van der Waals surface area contributed by atoms with Gasteiger partial charge in [-0.1, -0.05) is 18.2 Å². The maximum absolute atomic E-state index is 12.1. The SMILES string of the molecule is O=C(O)CCC1CCN(C(=O)CNc2ccccc2)CC1. The molecule has 1 aromatic rings. The number of carboxylic acids is 1. The second-order valence-electron chi connectivity index (χ2n) is 5.48. The van der Waals surface area contributed by atoms with Gasteiger partial charge in [0.25, 0.3) is 0 Å². The number of aliphatic carboxylic acids is 1. The van der Waals surface area contributed by atoms with Crippen LogP contribution in [0, 0.1) is 5.92 Å². The molecule has 1 aliphatic heterocycles. The number of rotatable bonds is 6. The molecule has 1 fully saturated rings. The van der Waals surface area contributed by atoms with E-state index in [1.807, 2.05) is 35.2 Å². The zero-order valence-corrected chi connectivity index (χ0v) is 12.1. The average molecular weight is 290 g/mol. The standard InChI is InChI=1S/C16H22N2O3/c19-15(12-17-14-4-2-1-3-5-14)18-10-8-13(9-11-18)6-7-16(20)21/h1-5,13,17H,6-12H2,(H,20,21). The van der Waals surface area contributed by atoms with Crippen LogP contribution < -0.4 is 5.32 Å². The minimum absolute atomic E-state index is 0.107. The first-order valence-electron chi connectivity index (χ1n) is 7.43. The van der Waals surface area contributed by atoms with Gasteiger partial charge in [-0.05, 0) is 37.3 Å². The van der Waals surface area contributed by atoms with Crippen LogP contribution >= 0.6 is 0 Å². The number of nitrogens with one attached hydrogen (secondary N) is 1. The summed E-state index contributed by atoms with van der Waals surface area (Å²) >= 11 is 0. The quantitative estimate of drug-likeness (QED) is 0.842. The first kappa shape index (κ1) is 15.4. The fourth-order valence-electron chi connectivity index (χ4n) is 2.64. The molecule has 1 aliphatic rings. The highest BCUT2D eigenvalue weighted by Crippen LogP contribution is 2.21. The lowest BCUT2D eigenvalue weighted by molar-refractivity contribution is -0.138. The normalized spacial score (nSPS) is 15.7. The summed E-state index contributed by atoms with van der Waals surface area (Å²) in [5.41, 5.74) is 0.946. The molecule has 0 spiro atoms. The largest absolute Gasteiger partial charge is 0.481 e. The zero-order chi connectivity index (χ0) is 15.1. The van der Waals surface area contributed by atoms with Gasteiger partial charge in [0, 0.05) is 25.2 Å². The maximum Gasteiger partial charge on any atom is 0.303 e. The van der Waals surface area contributed by atoms with E-state index >= 15 is 0 Å². The molecule has 0 aliphatic carbocycles. The third-order valence-corrected chi connectivity index (χ3v) is 3.95. The minimum Gasteiger partial charge on any atom is -0.481 e. The highest BCUT2D eigenvalue weighted by Gasteiger charge is 2.22. The minimum atomic E-state index is -0.736. The van der Waals surface area contributed by atoms with Crippen LogP contribution in [-0.4, -0.2) is 41.5 Å². The van der Waals surface area contributed by atoms with E-state index in [1.54, 1.807) is 0 Å². The number of amides is 1. The molecule has 0 saturated carbocycles. The summed E-state index contributed by atoms with van der Waals surface area (Å²) in [4.78, 5) is 24.5. The van der Waals surface area contributed by atoms with Crippen molar-refractivity contribution in [1.82, 2.24) is 4.90 Å². The van der Waals surface area contributed by atoms with Gasteiger partial charge < -0.3 is 15.3 Å². The zero-order valence-electron chi connectivity index (χ0n) is 12.1. The summed E-state index contributed by atoms with van der Waals surface area (Å²) in [7, 11) is 0. The van der Waals surface area contributed by atoms with E-state index in [0.29, 0.717) is 12.5 Å². The fourth-order valence-corrected chi connectivity index (χ4v) is 2.64. The number of carbonyl (C=O) groups excluding carboxylic acids is 1. The third-order valence-electron chi connectivity index (χ3n) is 3.95. The summed E-state index contributed by atoms with van der Waals surface area (Å²) in [6, 6.07) is 9.67. The Bertz CT molecular complexity index is 468. The molecule has 21 heavy (non-hydrogen) atoms. The Kier molecular flexibility index (Phi) is 5.60. The molecule has 0 aromatic heterocycles. The number of para-hydroxylation sites is 1. The molecule has 1 heterocycles.